The Bertz CT molecular complexity index is 914. The van der Waals surface area contributed by atoms with Gasteiger partial charge in [0.25, 0.3) is 0 Å². The average Bonchev–Trinajstić information content (AvgIpc) is 3.35. The van der Waals surface area contributed by atoms with Gasteiger partial charge in [-0.05, 0) is 28.1 Å². The first-order valence-corrected chi connectivity index (χ1v) is 11.3. The van der Waals surface area contributed by atoms with Crippen LogP contribution >= 0.6 is 36.0 Å². The molecule has 1 aromatic carbocycles. The molecule has 1 amide bonds. The summed E-state index contributed by atoms with van der Waals surface area (Å²) in [7, 11) is 0. The number of aromatic amines is 1. The number of benzene rings is 1. The van der Waals surface area contributed by atoms with Gasteiger partial charge in [-0.2, -0.15) is 0 Å². The van der Waals surface area contributed by atoms with Gasteiger partial charge in [-0.1, -0.05) is 29.4 Å². The summed E-state index contributed by atoms with van der Waals surface area (Å²) >= 11 is 12.1. The van der Waals surface area contributed by atoms with Gasteiger partial charge in [-0.3, -0.25) is 9.69 Å². The topological polar surface area (TPSA) is 113 Å². The van der Waals surface area contributed by atoms with Crippen LogP contribution in [0.1, 0.15) is 18.3 Å². The number of morpholine rings is 1. The van der Waals surface area contributed by atoms with Gasteiger partial charge in [0.05, 0.1) is 23.4 Å². The molecule has 3 heterocycles. The minimum absolute atomic E-state index is 0.0139. The van der Waals surface area contributed by atoms with E-state index in [9.17, 15) is 9.18 Å². The molecular weight excluding hydrogens is 465 g/mol. The molecule has 1 saturated heterocycles. The lowest BCUT2D eigenvalue weighted by molar-refractivity contribution is -0.115. The number of hydrogen-bond donors (Lipinski definition) is 3. The fraction of sp³-hybridized carbons (Fsp3) is 0.444. The maximum atomic E-state index is 13.4. The minimum Gasteiger partial charge on any atom is -0.374 e. The summed E-state index contributed by atoms with van der Waals surface area (Å²) in [5.41, 5.74) is 6.37. The van der Waals surface area contributed by atoms with Crippen LogP contribution in [0.5, 0.6) is 0 Å². The van der Waals surface area contributed by atoms with E-state index < -0.39 is 5.82 Å². The van der Waals surface area contributed by atoms with E-state index in [4.69, 9.17) is 16.3 Å². The summed E-state index contributed by atoms with van der Waals surface area (Å²) in [5, 5.41) is 16.2. The van der Waals surface area contributed by atoms with E-state index in [1.165, 1.54) is 13.0 Å². The normalized spacial score (nSPS) is 21.4. The van der Waals surface area contributed by atoms with Crippen LogP contribution in [0.2, 0.25) is 5.02 Å². The number of thioether (sulfide) groups is 1. The summed E-state index contributed by atoms with van der Waals surface area (Å²) in [4.78, 5) is 13.6. The molecule has 9 nitrogen and oxygen atoms in total. The molecule has 4 rings (SSSR count). The van der Waals surface area contributed by atoms with Gasteiger partial charge in [-0.25, -0.2) is 9.49 Å². The number of amides is 1. The third-order valence-corrected chi connectivity index (χ3v) is 6.27. The van der Waals surface area contributed by atoms with E-state index >= 15 is 0 Å². The number of halogens is 2. The summed E-state index contributed by atoms with van der Waals surface area (Å²) in [5.74, 6) is -0.111. The van der Waals surface area contributed by atoms with Crippen LogP contribution in [0, 0.1) is 5.82 Å². The second-order valence-electron chi connectivity index (χ2n) is 6.95. The number of tetrazole rings is 1. The monoisotopic (exact) mass is 487 g/mol. The van der Waals surface area contributed by atoms with E-state index in [1.54, 1.807) is 23.9 Å². The van der Waals surface area contributed by atoms with Crippen LogP contribution in [0.3, 0.4) is 0 Å². The van der Waals surface area contributed by atoms with Crippen LogP contribution in [-0.4, -0.2) is 73.4 Å². The summed E-state index contributed by atoms with van der Waals surface area (Å²) in [6.45, 7) is 4.90. The molecule has 13 heteroatoms. The Morgan fingerprint density at radius 2 is 2.29 bits per heavy atom. The highest BCUT2D eigenvalue weighted by molar-refractivity contribution is 8.12. The van der Waals surface area contributed by atoms with Crippen molar-refractivity contribution in [1.82, 2.24) is 30.4 Å². The average molecular weight is 488 g/mol. The largest absolute Gasteiger partial charge is 0.374 e. The first-order valence-electron chi connectivity index (χ1n) is 9.42. The quantitative estimate of drug-likeness (QED) is 0.548. The number of carbonyl (C=O) groups is 1. The molecule has 0 bridgehead atoms. The molecule has 2 atom stereocenters. The number of ether oxygens (including phenoxy) is 1. The van der Waals surface area contributed by atoms with Crippen molar-refractivity contribution in [3.63, 3.8) is 0 Å². The van der Waals surface area contributed by atoms with E-state index in [0.29, 0.717) is 25.5 Å². The molecular formula is C18H23ClFN7O2S2. The van der Waals surface area contributed by atoms with Crippen molar-refractivity contribution in [3.8, 4) is 0 Å². The van der Waals surface area contributed by atoms with Crippen molar-refractivity contribution in [2.75, 3.05) is 26.2 Å². The zero-order valence-electron chi connectivity index (χ0n) is 16.7. The van der Waals surface area contributed by atoms with Gasteiger partial charge in [0, 0.05) is 38.5 Å². The number of nitrogens with one attached hydrogen (secondary N) is 1. The minimum atomic E-state index is -0.396. The molecule has 2 aliphatic rings. The Morgan fingerprint density at radius 1 is 1.52 bits per heavy atom. The molecule has 2 aliphatic heterocycles. The molecule has 0 saturated carbocycles. The molecule has 0 aliphatic carbocycles. The highest BCUT2D eigenvalue weighted by Crippen LogP contribution is 2.37. The number of nitrogens with zero attached hydrogens (tertiary/aromatic N) is 5. The van der Waals surface area contributed by atoms with E-state index in [2.05, 4.69) is 48.8 Å². The van der Waals surface area contributed by atoms with Crippen molar-refractivity contribution in [2.45, 2.75) is 24.3 Å². The molecule has 1 aromatic heterocycles. The first kappa shape index (κ1) is 23.8. The maximum Gasteiger partial charge on any atom is 0.214 e. The Hall–Kier alpha value is -1.86. The Morgan fingerprint density at radius 3 is 2.97 bits per heavy atom. The highest BCUT2D eigenvalue weighted by atomic mass is 35.5. The third-order valence-electron chi connectivity index (χ3n) is 4.48. The van der Waals surface area contributed by atoms with Crippen LogP contribution in [0.15, 0.2) is 23.6 Å². The van der Waals surface area contributed by atoms with Crippen molar-refractivity contribution in [3.05, 3.63) is 45.8 Å². The van der Waals surface area contributed by atoms with Gasteiger partial charge >= 0.3 is 0 Å². The number of aromatic nitrogens is 4. The number of thiol groups is 1. The smallest absolute Gasteiger partial charge is 0.214 e. The fourth-order valence-corrected chi connectivity index (χ4v) is 4.63. The lowest BCUT2D eigenvalue weighted by atomic mass is 10.1. The van der Waals surface area contributed by atoms with Crippen molar-refractivity contribution in [2.24, 2.45) is 5.73 Å². The summed E-state index contributed by atoms with van der Waals surface area (Å²) in [6, 6.07) is 4.86. The Balaban J connectivity index is 0.000000628. The SMILES string of the molecule is CC(N)=O.Fc1ccc(CN2CCOC(CN3C(c4nnn[nH]4)=CS[C@@H]3S)C2)cc1Cl. The van der Waals surface area contributed by atoms with Gasteiger partial charge in [-0.15, -0.1) is 17.7 Å². The van der Waals surface area contributed by atoms with Crippen molar-refractivity contribution in [1.29, 1.82) is 0 Å². The predicted molar refractivity (Wildman–Crippen MR) is 121 cm³/mol. The Labute approximate surface area is 193 Å². The lowest BCUT2D eigenvalue weighted by Crippen LogP contribution is -2.47. The number of primary amides is 1. The Kier molecular flexibility index (Phi) is 8.55. The second-order valence-corrected chi connectivity index (χ2v) is 9.15. The van der Waals surface area contributed by atoms with Gasteiger partial charge in [0.2, 0.25) is 5.91 Å². The van der Waals surface area contributed by atoms with Crippen molar-refractivity contribution < 1.29 is 13.9 Å². The number of carbonyl (C=O) groups excluding carboxylic acids is 1. The lowest BCUT2D eigenvalue weighted by Gasteiger charge is -2.36. The molecule has 0 radical (unpaired) electrons. The molecule has 1 fully saturated rings. The van der Waals surface area contributed by atoms with Crippen LogP contribution in [-0.2, 0) is 16.1 Å². The first-order chi connectivity index (χ1) is 14.8. The molecule has 3 N–H and O–H groups in total. The van der Waals surface area contributed by atoms with Gasteiger partial charge in [0.1, 0.15) is 10.5 Å². The second kappa shape index (κ2) is 11.1. The maximum absolute atomic E-state index is 13.4. The standard InChI is InChI=1S/C16H18ClFN6OS2.C2H5NO/c17-12-5-10(1-2-13(12)18)6-23-3-4-25-11(7-23)8-24-14(9-27-16(24)26)15-19-21-22-20-15;1-2(3)4/h1-2,5,9,11,16,26H,3-4,6-8H2,(H,19,20,21,22);1H3,(H2,3,4)/t11?,16-;/m0./s1. The molecule has 0 spiro atoms. The predicted octanol–water partition coefficient (Wildman–Crippen LogP) is 1.95. The third kappa shape index (κ3) is 6.81. The van der Waals surface area contributed by atoms with Gasteiger partial charge in [0.15, 0.2) is 5.82 Å². The molecule has 1 unspecified atom stereocenters. The fourth-order valence-electron chi connectivity index (χ4n) is 3.18. The molecule has 31 heavy (non-hydrogen) atoms. The molecule has 2 aromatic rings. The van der Waals surface area contributed by atoms with Crippen LogP contribution < -0.4 is 5.73 Å². The van der Waals surface area contributed by atoms with Crippen molar-refractivity contribution >= 4 is 47.6 Å². The zero-order chi connectivity index (χ0) is 22.4. The van der Waals surface area contributed by atoms with Crippen LogP contribution in [0.25, 0.3) is 5.70 Å². The van der Waals surface area contributed by atoms with Crippen LogP contribution in [0.4, 0.5) is 4.39 Å². The number of rotatable bonds is 5. The zero-order valence-corrected chi connectivity index (χ0v) is 19.2. The summed E-state index contributed by atoms with van der Waals surface area (Å²) < 4.78 is 19.3. The van der Waals surface area contributed by atoms with Gasteiger partial charge < -0.3 is 15.4 Å². The number of hydrogen-bond acceptors (Lipinski definition) is 9. The number of H-pyrrole nitrogens is 1. The van der Waals surface area contributed by atoms with E-state index in [-0.39, 0.29) is 21.7 Å². The number of nitrogens with two attached hydrogens (primary N) is 1. The van der Waals surface area contributed by atoms with E-state index in [0.717, 1.165) is 24.4 Å². The highest BCUT2D eigenvalue weighted by Gasteiger charge is 2.31. The summed E-state index contributed by atoms with van der Waals surface area (Å²) in [6.07, 6.45) is 0.0160. The van der Waals surface area contributed by atoms with E-state index in [1.807, 2.05) is 5.41 Å². The molecule has 168 valence electrons.